The van der Waals surface area contributed by atoms with Gasteiger partial charge in [-0.1, -0.05) is 6.07 Å². The van der Waals surface area contributed by atoms with E-state index in [0.29, 0.717) is 24.5 Å². The highest BCUT2D eigenvalue weighted by Crippen LogP contribution is 2.17. The molecule has 24 heavy (non-hydrogen) atoms. The average Bonchev–Trinajstić information content (AvgIpc) is 2.97. The first kappa shape index (κ1) is 16.1. The van der Waals surface area contributed by atoms with Crippen LogP contribution in [0.25, 0.3) is 5.69 Å². The summed E-state index contributed by atoms with van der Waals surface area (Å²) in [6.07, 6.45) is 2.59. The molecule has 0 saturated carbocycles. The molecule has 3 rings (SSSR count). The third kappa shape index (κ3) is 3.43. The Bertz CT molecular complexity index is 758. The fraction of sp³-hybridized carbons (Fsp3) is 0.375. The molecular weight excluding hydrogens is 310 g/mol. The van der Waals surface area contributed by atoms with Crippen molar-refractivity contribution in [3.8, 4) is 5.69 Å². The number of carbonyl (C=O) groups is 1. The Labute approximate surface area is 139 Å². The van der Waals surface area contributed by atoms with Crippen LogP contribution in [0.5, 0.6) is 0 Å². The zero-order valence-electron chi connectivity index (χ0n) is 13.5. The lowest BCUT2D eigenvalue weighted by Gasteiger charge is -2.19. The van der Waals surface area contributed by atoms with Gasteiger partial charge in [-0.05, 0) is 32.1 Å². The molecule has 0 atom stereocenters. The van der Waals surface area contributed by atoms with Crippen LogP contribution in [0.4, 0.5) is 5.69 Å². The van der Waals surface area contributed by atoms with Crippen molar-refractivity contribution in [2.75, 3.05) is 33.2 Å². The normalized spacial score (nSPS) is 16.0. The molecule has 0 spiro atoms. The highest BCUT2D eigenvalue weighted by atomic mass is 16.6. The maximum Gasteiger partial charge on any atom is 0.274 e. The third-order valence-electron chi connectivity index (χ3n) is 4.12. The standard InChI is InChI=1S/C16H19N5O3/c1-18-7-3-8-19(11-10-18)16(22)15-6-9-20(17-15)13-4-2-5-14(12-13)21(23)24/h2,4-6,9,12H,3,7-8,10-11H2,1H3. The van der Waals surface area contributed by atoms with Crippen LogP contribution >= 0.6 is 0 Å². The molecular formula is C16H19N5O3. The van der Waals surface area contributed by atoms with Crippen LogP contribution in [0.3, 0.4) is 0 Å². The van der Waals surface area contributed by atoms with Gasteiger partial charge in [-0.15, -0.1) is 0 Å². The van der Waals surface area contributed by atoms with Crippen molar-refractivity contribution in [1.82, 2.24) is 19.6 Å². The molecule has 8 heteroatoms. The number of nitro benzene ring substituents is 1. The summed E-state index contributed by atoms with van der Waals surface area (Å²) in [6.45, 7) is 3.22. The maximum atomic E-state index is 12.6. The van der Waals surface area contributed by atoms with Gasteiger partial charge in [0, 0.05) is 38.0 Å². The zero-order valence-corrected chi connectivity index (χ0v) is 13.5. The smallest absolute Gasteiger partial charge is 0.274 e. The second-order valence-electron chi connectivity index (χ2n) is 5.87. The fourth-order valence-electron chi connectivity index (χ4n) is 2.74. The summed E-state index contributed by atoms with van der Waals surface area (Å²) in [5, 5.41) is 15.2. The maximum absolute atomic E-state index is 12.6. The van der Waals surface area contributed by atoms with E-state index in [0.717, 1.165) is 19.5 Å². The van der Waals surface area contributed by atoms with Gasteiger partial charge in [0.1, 0.15) is 0 Å². The minimum absolute atomic E-state index is 0.00793. The van der Waals surface area contributed by atoms with Gasteiger partial charge in [0.05, 0.1) is 10.6 Å². The van der Waals surface area contributed by atoms with Crippen LogP contribution in [0.2, 0.25) is 0 Å². The molecule has 126 valence electrons. The Morgan fingerprint density at radius 2 is 2.04 bits per heavy atom. The summed E-state index contributed by atoms with van der Waals surface area (Å²) in [5.74, 6) is -0.102. The van der Waals surface area contributed by atoms with E-state index in [4.69, 9.17) is 0 Å². The summed E-state index contributed by atoms with van der Waals surface area (Å²) in [5.41, 5.74) is 0.899. The molecule has 1 aromatic heterocycles. The average molecular weight is 329 g/mol. The number of hydrogen-bond acceptors (Lipinski definition) is 5. The molecule has 1 amide bonds. The monoisotopic (exact) mass is 329 g/mol. The van der Waals surface area contributed by atoms with Gasteiger partial charge in [-0.3, -0.25) is 14.9 Å². The lowest BCUT2D eigenvalue weighted by atomic mass is 10.3. The molecule has 8 nitrogen and oxygen atoms in total. The molecule has 0 bridgehead atoms. The lowest BCUT2D eigenvalue weighted by Crippen LogP contribution is -2.34. The van der Waals surface area contributed by atoms with Crippen LogP contribution in [0.1, 0.15) is 16.9 Å². The number of benzene rings is 1. The summed E-state index contributed by atoms with van der Waals surface area (Å²) >= 11 is 0. The van der Waals surface area contributed by atoms with Gasteiger partial charge < -0.3 is 9.80 Å². The van der Waals surface area contributed by atoms with Crippen molar-refractivity contribution < 1.29 is 9.72 Å². The Hall–Kier alpha value is -2.74. The van der Waals surface area contributed by atoms with E-state index in [-0.39, 0.29) is 11.6 Å². The SMILES string of the molecule is CN1CCCN(C(=O)c2ccn(-c3cccc([N+](=O)[O-])c3)n2)CC1. The first-order chi connectivity index (χ1) is 11.5. The van der Waals surface area contributed by atoms with Crippen molar-refractivity contribution in [2.45, 2.75) is 6.42 Å². The second-order valence-corrected chi connectivity index (χ2v) is 5.87. The van der Waals surface area contributed by atoms with Crippen molar-refractivity contribution in [2.24, 2.45) is 0 Å². The topological polar surface area (TPSA) is 84.5 Å². The summed E-state index contributed by atoms with van der Waals surface area (Å²) < 4.78 is 1.49. The van der Waals surface area contributed by atoms with E-state index in [1.54, 1.807) is 24.4 Å². The zero-order chi connectivity index (χ0) is 17.1. The molecule has 0 unspecified atom stereocenters. The van der Waals surface area contributed by atoms with Gasteiger partial charge in [-0.2, -0.15) is 5.10 Å². The van der Waals surface area contributed by atoms with E-state index in [1.165, 1.54) is 16.8 Å². The van der Waals surface area contributed by atoms with Gasteiger partial charge in [-0.25, -0.2) is 4.68 Å². The van der Waals surface area contributed by atoms with Crippen LogP contribution in [0.15, 0.2) is 36.5 Å². The molecule has 2 heterocycles. The Morgan fingerprint density at radius 3 is 2.83 bits per heavy atom. The number of likely N-dealkylation sites (N-methyl/N-ethyl adjacent to an activating group) is 1. The number of aromatic nitrogens is 2. The minimum atomic E-state index is -0.452. The molecule has 1 fully saturated rings. The second kappa shape index (κ2) is 6.79. The number of carbonyl (C=O) groups excluding carboxylic acids is 1. The van der Waals surface area contributed by atoms with Crippen LogP contribution < -0.4 is 0 Å². The van der Waals surface area contributed by atoms with Crippen molar-refractivity contribution in [3.05, 3.63) is 52.3 Å². The van der Waals surface area contributed by atoms with E-state index in [9.17, 15) is 14.9 Å². The van der Waals surface area contributed by atoms with E-state index >= 15 is 0 Å². The van der Waals surface area contributed by atoms with Gasteiger partial charge in [0.2, 0.25) is 0 Å². The first-order valence-corrected chi connectivity index (χ1v) is 7.83. The van der Waals surface area contributed by atoms with Gasteiger partial charge in [0.25, 0.3) is 11.6 Å². The predicted molar refractivity (Wildman–Crippen MR) is 88.2 cm³/mol. The van der Waals surface area contributed by atoms with Crippen LogP contribution in [0, 0.1) is 10.1 Å². The van der Waals surface area contributed by atoms with Crippen molar-refractivity contribution >= 4 is 11.6 Å². The van der Waals surface area contributed by atoms with Gasteiger partial charge in [0.15, 0.2) is 5.69 Å². The molecule has 0 N–H and O–H groups in total. The minimum Gasteiger partial charge on any atom is -0.336 e. The number of nitrogens with zero attached hydrogens (tertiary/aromatic N) is 5. The molecule has 1 aliphatic heterocycles. The fourth-order valence-corrected chi connectivity index (χ4v) is 2.74. The van der Waals surface area contributed by atoms with Crippen LogP contribution in [-0.2, 0) is 0 Å². The van der Waals surface area contributed by atoms with E-state index in [1.807, 2.05) is 11.9 Å². The number of rotatable bonds is 3. The molecule has 1 saturated heterocycles. The van der Waals surface area contributed by atoms with Crippen molar-refractivity contribution in [3.63, 3.8) is 0 Å². The number of non-ortho nitro benzene ring substituents is 1. The summed E-state index contributed by atoms with van der Waals surface area (Å²) in [4.78, 5) is 27.0. The van der Waals surface area contributed by atoms with Crippen molar-refractivity contribution in [1.29, 1.82) is 0 Å². The summed E-state index contributed by atoms with van der Waals surface area (Å²) in [6, 6.07) is 7.82. The number of amides is 1. The highest BCUT2D eigenvalue weighted by Gasteiger charge is 2.21. The van der Waals surface area contributed by atoms with Gasteiger partial charge >= 0.3 is 0 Å². The Kier molecular flexibility index (Phi) is 4.57. The highest BCUT2D eigenvalue weighted by molar-refractivity contribution is 5.92. The lowest BCUT2D eigenvalue weighted by molar-refractivity contribution is -0.384. The largest absolute Gasteiger partial charge is 0.336 e. The molecule has 2 aromatic rings. The first-order valence-electron chi connectivity index (χ1n) is 7.83. The van der Waals surface area contributed by atoms with E-state index in [2.05, 4.69) is 10.00 Å². The summed E-state index contributed by atoms with van der Waals surface area (Å²) in [7, 11) is 2.05. The number of nitro groups is 1. The molecule has 0 aliphatic carbocycles. The Morgan fingerprint density at radius 1 is 1.21 bits per heavy atom. The van der Waals surface area contributed by atoms with Crippen LogP contribution in [-0.4, -0.2) is 63.6 Å². The predicted octanol–water partition coefficient (Wildman–Crippen LogP) is 1.56. The van der Waals surface area contributed by atoms with E-state index < -0.39 is 4.92 Å². The quantitative estimate of drug-likeness (QED) is 0.630. The molecule has 0 radical (unpaired) electrons. The Balaban J connectivity index is 1.79. The molecule has 1 aromatic carbocycles. The molecule has 1 aliphatic rings. The third-order valence-corrected chi connectivity index (χ3v) is 4.12. The number of hydrogen-bond donors (Lipinski definition) is 0.